The number of aromatic nitrogens is 3. The number of carbonyl (C=O) groups is 1. The summed E-state index contributed by atoms with van der Waals surface area (Å²) >= 11 is 7.06. The zero-order chi connectivity index (χ0) is 34.4. The number of hydrogen-bond acceptors (Lipinski definition) is 9. The van der Waals surface area contributed by atoms with Crippen molar-refractivity contribution in [2.24, 2.45) is 7.05 Å². The molecule has 3 atom stereocenters. The van der Waals surface area contributed by atoms with Crippen LogP contribution in [0.15, 0.2) is 30.1 Å². The maximum atomic E-state index is 17.2. The van der Waals surface area contributed by atoms with E-state index in [1.165, 1.54) is 0 Å². The Kier molecular flexibility index (Phi) is 7.62. The van der Waals surface area contributed by atoms with Gasteiger partial charge < -0.3 is 29.1 Å². The Balaban J connectivity index is 1.47. The van der Waals surface area contributed by atoms with Crippen LogP contribution in [0.3, 0.4) is 0 Å². The minimum absolute atomic E-state index is 0.103. The average Bonchev–Trinajstić information content (AvgIpc) is 3.37. The highest BCUT2D eigenvalue weighted by atomic mass is 35.5. The van der Waals surface area contributed by atoms with E-state index in [2.05, 4.69) is 11.0 Å². The number of ether oxygens (including phenoxy) is 2. The number of likely N-dealkylation sites (N-methyl/N-ethyl adjacent to an activating group) is 1. The number of anilines is 2. The Labute approximate surface area is 283 Å². The summed E-state index contributed by atoms with van der Waals surface area (Å²) in [5.41, 5.74) is 3.47. The van der Waals surface area contributed by atoms with Crippen LogP contribution < -0.4 is 14.5 Å². The first-order chi connectivity index (χ1) is 22.7. The third kappa shape index (κ3) is 5.05. The van der Waals surface area contributed by atoms with Gasteiger partial charge in [0.1, 0.15) is 34.5 Å². The highest BCUT2D eigenvalue weighted by Crippen LogP contribution is 2.53. The summed E-state index contributed by atoms with van der Waals surface area (Å²) in [6.45, 7) is 10.7. The molecule has 2 aromatic carbocycles. The quantitative estimate of drug-likeness (QED) is 0.259. The monoisotopic (exact) mass is 675 g/mol. The van der Waals surface area contributed by atoms with E-state index in [9.17, 15) is 9.59 Å². The topological polar surface area (TPSA) is 96.3 Å². The maximum absolute atomic E-state index is 17.2. The Bertz CT molecular complexity index is 2050. The average molecular weight is 676 g/mol. The van der Waals surface area contributed by atoms with Gasteiger partial charge in [-0.25, -0.2) is 19.0 Å². The number of fused-ring (bicyclic) bond motifs is 5. The second kappa shape index (κ2) is 11.4. The molecule has 3 aliphatic heterocycles. The first-order valence-corrected chi connectivity index (χ1v) is 16.4. The van der Waals surface area contributed by atoms with Gasteiger partial charge in [0.15, 0.2) is 5.82 Å². The second-order valence-electron chi connectivity index (χ2n) is 14.3. The van der Waals surface area contributed by atoms with Crippen molar-refractivity contribution in [3.8, 4) is 17.0 Å². The molecule has 7 rings (SSSR count). The van der Waals surface area contributed by atoms with E-state index >= 15 is 4.39 Å². The number of piperazine rings is 1. The molecule has 0 spiro atoms. The predicted octanol–water partition coefficient (Wildman–Crippen LogP) is 5.56. The van der Waals surface area contributed by atoms with Crippen LogP contribution in [0, 0.1) is 12.7 Å². The molecule has 1 fully saturated rings. The molecule has 1 amide bonds. The number of amides is 1. The number of benzene rings is 2. The molecule has 4 aromatic rings. The Morgan fingerprint density at radius 1 is 1.19 bits per heavy atom. The summed E-state index contributed by atoms with van der Waals surface area (Å²) in [6.07, 6.45) is 0.898. The van der Waals surface area contributed by atoms with E-state index in [0.717, 1.165) is 16.5 Å². The largest absolute Gasteiger partial charge is 0.470 e. The van der Waals surface area contributed by atoms with Crippen LogP contribution in [0.25, 0.3) is 32.9 Å². The molecule has 1 saturated heterocycles. The summed E-state index contributed by atoms with van der Waals surface area (Å²) in [4.78, 5) is 38.6. The van der Waals surface area contributed by atoms with Crippen LogP contribution in [0.1, 0.15) is 33.3 Å². The molecule has 5 heterocycles. The van der Waals surface area contributed by atoms with Gasteiger partial charge in [0.2, 0.25) is 5.88 Å². The third-order valence-corrected chi connectivity index (χ3v) is 9.62. The van der Waals surface area contributed by atoms with Crippen LogP contribution >= 0.6 is 11.6 Å². The fourth-order valence-electron chi connectivity index (χ4n) is 7.36. The fraction of sp³-hybridized carbons (Fsp3) is 0.457. The first kappa shape index (κ1) is 32.2. The predicted molar refractivity (Wildman–Crippen MR) is 184 cm³/mol. The van der Waals surface area contributed by atoms with E-state index in [4.69, 9.17) is 26.1 Å². The van der Waals surface area contributed by atoms with Gasteiger partial charge in [-0.15, -0.1) is 0 Å². The number of aryl methyl sites for hydroxylation is 2. The first-order valence-electron chi connectivity index (χ1n) is 16.1. The number of rotatable bonds is 3. The number of hydrogen-bond donors (Lipinski definition) is 0. The molecule has 48 heavy (non-hydrogen) atoms. The normalized spacial score (nSPS) is 20.6. The van der Waals surface area contributed by atoms with Crippen LogP contribution in [0.2, 0.25) is 5.02 Å². The molecule has 0 unspecified atom stereocenters. The molecule has 13 heteroatoms. The summed E-state index contributed by atoms with van der Waals surface area (Å²) in [5, 5.41) is 5.98. The number of nitrogens with zero attached hydrogens (tertiary/aromatic N) is 7. The van der Waals surface area contributed by atoms with Crippen molar-refractivity contribution in [3.63, 3.8) is 0 Å². The van der Waals surface area contributed by atoms with E-state index in [1.54, 1.807) is 21.8 Å². The molecular formula is C35H39ClFN7O4. The standard InChI is InChI=1S/C35H39ClFN7O4/c1-18-9-10-20-12-38-41(8)30(20)26(18)27-23(36)11-22-29(28(27)37)39-33-32-31(22)43-13-19(2)42(34(46)48-35(3,4)5)16-24(43)25(17-45)44(32)15-21(47-33)14-40(6)7/h9-12,19,21,24H,13-16H2,1-8H3/t19-,21-,24-/m1/s1. The van der Waals surface area contributed by atoms with Crippen molar-refractivity contribution in [3.05, 3.63) is 46.5 Å². The van der Waals surface area contributed by atoms with Crippen molar-refractivity contribution >= 4 is 56.8 Å². The van der Waals surface area contributed by atoms with Crippen molar-refractivity contribution in [1.29, 1.82) is 0 Å². The molecular weight excluding hydrogens is 637 g/mol. The molecule has 0 aliphatic carbocycles. The molecule has 0 radical (unpaired) electrons. The van der Waals surface area contributed by atoms with Crippen LogP contribution in [-0.2, 0) is 16.6 Å². The van der Waals surface area contributed by atoms with Gasteiger partial charge in [0, 0.05) is 48.1 Å². The number of carbonyl (C=O) groups excluding carboxylic acids is 2. The Hall–Kier alpha value is -4.38. The zero-order valence-corrected chi connectivity index (χ0v) is 29.1. The Morgan fingerprint density at radius 2 is 1.94 bits per heavy atom. The minimum Gasteiger partial charge on any atom is -0.470 e. The second-order valence-corrected chi connectivity index (χ2v) is 14.7. The minimum atomic E-state index is -0.693. The van der Waals surface area contributed by atoms with Crippen LogP contribution in [0.5, 0.6) is 5.88 Å². The maximum Gasteiger partial charge on any atom is 0.410 e. The van der Waals surface area contributed by atoms with Gasteiger partial charge in [-0.3, -0.25) is 4.68 Å². The van der Waals surface area contributed by atoms with Crippen molar-refractivity contribution in [2.75, 3.05) is 50.1 Å². The van der Waals surface area contributed by atoms with Crippen molar-refractivity contribution in [1.82, 2.24) is 24.6 Å². The summed E-state index contributed by atoms with van der Waals surface area (Å²) in [5.74, 6) is 1.85. The summed E-state index contributed by atoms with van der Waals surface area (Å²) in [7, 11) is 5.69. The number of halogens is 2. The van der Waals surface area contributed by atoms with Gasteiger partial charge in [0.25, 0.3) is 0 Å². The van der Waals surface area contributed by atoms with Gasteiger partial charge in [-0.05, 0) is 60.3 Å². The molecule has 11 nitrogen and oxygen atoms in total. The van der Waals surface area contributed by atoms with E-state index in [0.29, 0.717) is 47.7 Å². The summed E-state index contributed by atoms with van der Waals surface area (Å²) in [6, 6.07) is 4.76. The molecule has 0 N–H and O–H groups in total. The molecule has 0 saturated carbocycles. The van der Waals surface area contributed by atoms with E-state index in [1.807, 2.05) is 82.6 Å². The van der Waals surface area contributed by atoms with Gasteiger partial charge in [-0.2, -0.15) is 5.10 Å². The highest BCUT2D eigenvalue weighted by molar-refractivity contribution is 6.35. The number of pyridine rings is 1. The summed E-state index contributed by atoms with van der Waals surface area (Å²) < 4.78 is 31.2. The van der Waals surface area contributed by atoms with Crippen LogP contribution in [0.4, 0.5) is 20.6 Å². The lowest BCUT2D eigenvalue weighted by atomic mass is 9.93. The lowest BCUT2D eigenvalue weighted by Gasteiger charge is -2.53. The lowest BCUT2D eigenvalue weighted by molar-refractivity contribution is 0.0133. The van der Waals surface area contributed by atoms with Gasteiger partial charge in [-0.1, -0.05) is 23.7 Å². The molecule has 252 valence electrons. The Morgan fingerprint density at radius 3 is 2.62 bits per heavy atom. The zero-order valence-electron chi connectivity index (χ0n) is 28.4. The SMILES string of the molecule is Cc1ccc2cnn(C)c2c1-c1c(Cl)cc2c3c4c(nc2c1F)O[C@H](CN(C)C)CN4C(=C=O)[C@H]1CN(C(=O)OC(C)(C)C)[C@H](C)CN31. The van der Waals surface area contributed by atoms with E-state index < -0.39 is 23.6 Å². The van der Waals surface area contributed by atoms with Crippen molar-refractivity contribution in [2.45, 2.75) is 58.4 Å². The fourth-order valence-corrected chi connectivity index (χ4v) is 7.64. The molecule has 2 aromatic heterocycles. The van der Waals surface area contributed by atoms with E-state index in [-0.39, 0.29) is 40.7 Å². The van der Waals surface area contributed by atoms with Gasteiger partial charge in [0.05, 0.1) is 41.6 Å². The van der Waals surface area contributed by atoms with Crippen LogP contribution in [-0.4, -0.2) is 101 Å². The van der Waals surface area contributed by atoms with Gasteiger partial charge >= 0.3 is 6.09 Å². The van der Waals surface area contributed by atoms with Crippen molar-refractivity contribution < 1.29 is 23.5 Å². The smallest absolute Gasteiger partial charge is 0.410 e. The third-order valence-electron chi connectivity index (χ3n) is 9.32. The molecule has 3 aliphatic rings. The highest BCUT2D eigenvalue weighted by Gasteiger charge is 2.48. The molecule has 0 bridgehead atoms. The lowest BCUT2D eigenvalue weighted by Crippen LogP contribution is -2.64.